The average molecular weight is 446 g/mol. The minimum atomic E-state index is 0.00727. The molecule has 0 saturated carbocycles. The molecule has 1 aliphatic heterocycles. The predicted molar refractivity (Wildman–Crippen MR) is 128 cm³/mol. The topological polar surface area (TPSA) is 47.4 Å². The number of imidazole rings is 1. The molecule has 1 fully saturated rings. The maximum Gasteiger partial charge on any atom is 0.227 e. The van der Waals surface area contributed by atoms with Gasteiger partial charge in [0.1, 0.15) is 18.2 Å². The molecule has 0 bridgehead atoms. The van der Waals surface area contributed by atoms with Crippen molar-refractivity contribution in [1.82, 2.24) is 9.55 Å². The molecule has 0 aliphatic carbocycles. The minimum absolute atomic E-state index is 0.00727. The number of anilines is 1. The maximum atomic E-state index is 12.8. The van der Waals surface area contributed by atoms with Crippen LogP contribution in [0.1, 0.15) is 23.7 Å². The van der Waals surface area contributed by atoms with E-state index in [1.54, 1.807) is 0 Å². The first-order valence-corrected chi connectivity index (χ1v) is 11.2. The molecule has 0 N–H and O–H groups in total. The summed E-state index contributed by atoms with van der Waals surface area (Å²) >= 11 is 6.15. The Bertz CT molecular complexity index is 1280. The van der Waals surface area contributed by atoms with Gasteiger partial charge in [0.05, 0.1) is 17.6 Å². The van der Waals surface area contributed by atoms with Gasteiger partial charge in [-0.2, -0.15) is 0 Å². The van der Waals surface area contributed by atoms with Crippen LogP contribution in [0.2, 0.25) is 5.02 Å². The number of fused-ring (bicyclic) bond motifs is 1. The van der Waals surface area contributed by atoms with Crippen LogP contribution in [0.5, 0.6) is 5.75 Å². The molecule has 1 unspecified atom stereocenters. The van der Waals surface area contributed by atoms with Gasteiger partial charge in [-0.1, -0.05) is 41.9 Å². The van der Waals surface area contributed by atoms with Gasteiger partial charge in [0.25, 0.3) is 0 Å². The van der Waals surface area contributed by atoms with Crippen LogP contribution in [-0.4, -0.2) is 28.6 Å². The number of ether oxygens (including phenoxy) is 1. The number of halogens is 1. The molecule has 1 atom stereocenters. The molecule has 1 saturated heterocycles. The van der Waals surface area contributed by atoms with Gasteiger partial charge in [-0.25, -0.2) is 4.98 Å². The summed E-state index contributed by atoms with van der Waals surface area (Å²) in [5, 5.41) is 0.624. The normalized spacial score (nSPS) is 16.1. The number of hydrogen-bond donors (Lipinski definition) is 0. The molecule has 1 aliphatic rings. The van der Waals surface area contributed by atoms with Crippen molar-refractivity contribution in [2.24, 2.45) is 0 Å². The number of nitrogens with zero attached hydrogens (tertiary/aromatic N) is 3. The molecule has 0 spiro atoms. The van der Waals surface area contributed by atoms with E-state index in [1.807, 2.05) is 65.6 Å². The lowest BCUT2D eigenvalue weighted by atomic mass is 10.1. The molecule has 0 radical (unpaired) electrons. The summed E-state index contributed by atoms with van der Waals surface area (Å²) in [6.07, 6.45) is 0.425. The van der Waals surface area contributed by atoms with Crippen molar-refractivity contribution in [3.05, 3.63) is 89.2 Å². The van der Waals surface area contributed by atoms with Crippen LogP contribution in [0.15, 0.2) is 72.8 Å². The minimum Gasteiger partial charge on any atom is -0.492 e. The lowest BCUT2D eigenvalue weighted by molar-refractivity contribution is -0.117. The molecule has 4 aromatic rings. The number of benzene rings is 3. The van der Waals surface area contributed by atoms with Crippen LogP contribution < -0.4 is 9.64 Å². The van der Waals surface area contributed by atoms with E-state index >= 15 is 0 Å². The van der Waals surface area contributed by atoms with Crippen molar-refractivity contribution in [3.8, 4) is 5.75 Å². The number of aryl methyl sites for hydroxylation is 1. The van der Waals surface area contributed by atoms with Crippen molar-refractivity contribution < 1.29 is 9.53 Å². The van der Waals surface area contributed by atoms with Gasteiger partial charge in [0.2, 0.25) is 5.91 Å². The van der Waals surface area contributed by atoms with Crippen LogP contribution in [-0.2, 0) is 11.3 Å². The second-order valence-corrected chi connectivity index (χ2v) is 8.60. The smallest absolute Gasteiger partial charge is 0.227 e. The SMILES string of the molecule is Cc1cccc(OCCn2c(C3CC(=O)N(c4cccc(Cl)c4)C3)nc3ccccc32)c1. The van der Waals surface area contributed by atoms with E-state index in [0.717, 1.165) is 28.3 Å². The molecule has 2 heterocycles. The lowest BCUT2D eigenvalue weighted by Gasteiger charge is -2.18. The highest BCUT2D eigenvalue weighted by atomic mass is 35.5. The van der Waals surface area contributed by atoms with Crippen molar-refractivity contribution in [3.63, 3.8) is 0 Å². The fourth-order valence-corrected chi connectivity index (χ4v) is 4.56. The van der Waals surface area contributed by atoms with Crippen molar-refractivity contribution in [1.29, 1.82) is 0 Å². The molecule has 5 rings (SSSR count). The summed E-state index contributed by atoms with van der Waals surface area (Å²) < 4.78 is 8.21. The highest BCUT2D eigenvalue weighted by Crippen LogP contribution is 2.34. The first-order valence-electron chi connectivity index (χ1n) is 10.8. The Hall–Kier alpha value is -3.31. The number of aromatic nitrogens is 2. The van der Waals surface area contributed by atoms with E-state index < -0.39 is 0 Å². The summed E-state index contributed by atoms with van der Waals surface area (Å²) in [7, 11) is 0. The maximum absolute atomic E-state index is 12.8. The molecule has 32 heavy (non-hydrogen) atoms. The Labute approximate surface area is 192 Å². The van der Waals surface area contributed by atoms with Crippen molar-refractivity contribution in [2.45, 2.75) is 25.8 Å². The molecule has 1 aromatic heterocycles. The van der Waals surface area contributed by atoms with E-state index in [9.17, 15) is 4.79 Å². The van der Waals surface area contributed by atoms with E-state index in [-0.39, 0.29) is 11.8 Å². The van der Waals surface area contributed by atoms with Gasteiger partial charge >= 0.3 is 0 Å². The second kappa shape index (κ2) is 8.67. The highest BCUT2D eigenvalue weighted by molar-refractivity contribution is 6.30. The number of para-hydroxylation sites is 2. The fourth-order valence-electron chi connectivity index (χ4n) is 4.37. The highest BCUT2D eigenvalue weighted by Gasteiger charge is 2.34. The number of carbonyl (C=O) groups is 1. The van der Waals surface area contributed by atoms with Gasteiger partial charge in [0, 0.05) is 29.6 Å². The Kier molecular flexibility index (Phi) is 5.58. The third kappa shape index (κ3) is 4.08. The first-order chi connectivity index (χ1) is 15.6. The Morgan fingerprint density at radius 2 is 1.91 bits per heavy atom. The number of amides is 1. The van der Waals surface area contributed by atoms with Crippen molar-refractivity contribution >= 4 is 34.2 Å². The zero-order valence-electron chi connectivity index (χ0n) is 17.9. The van der Waals surface area contributed by atoms with Crippen LogP contribution in [0.25, 0.3) is 11.0 Å². The fraction of sp³-hybridized carbons (Fsp3) is 0.231. The quantitative estimate of drug-likeness (QED) is 0.388. The summed E-state index contributed by atoms with van der Waals surface area (Å²) in [5.41, 5.74) is 3.99. The number of carbonyl (C=O) groups excluding carboxylic acids is 1. The van der Waals surface area contributed by atoms with Gasteiger partial charge < -0.3 is 14.2 Å². The van der Waals surface area contributed by atoms with Gasteiger partial charge in [0.15, 0.2) is 0 Å². The Morgan fingerprint density at radius 3 is 2.75 bits per heavy atom. The number of rotatable bonds is 6. The van der Waals surface area contributed by atoms with E-state index in [4.69, 9.17) is 21.3 Å². The van der Waals surface area contributed by atoms with Crippen LogP contribution in [0, 0.1) is 6.92 Å². The molecule has 5 nitrogen and oxygen atoms in total. The Balaban J connectivity index is 1.41. The number of hydrogen-bond acceptors (Lipinski definition) is 3. The standard InChI is InChI=1S/C26H24ClN3O2/c1-18-6-4-9-22(14-18)32-13-12-29-24-11-3-2-10-23(24)28-26(29)19-15-25(31)30(17-19)21-8-5-7-20(27)16-21/h2-11,14,16,19H,12-13,15,17H2,1H3. The van der Waals surface area contributed by atoms with E-state index in [2.05, 4.69) is 23.6 Å². The lowest BCUT2D eigenvalue weighted by Crippen LogP contribution is -2.24. The zero-order valence-corrected chi connectivity index (χ0v) is 18.6. The van der Waals surface area contributed by atoms with Crippen LogP contribution >= 0.6 is 11.6 Å². The third-order valence-electron chi connectivity index (χ3n) is 5.87. The van der Waals surface area contributed by atoms with Crippen LogP contribution in [0.3, 0.4) is 0 Å². The molecular formula is C26H24ClN3O2. The predicted octanol–water partition coefficient (Wildman–Crippen LogP) is 5.60. The summed E-state index contributed by atoms with van der Waals surface area (Å²) in [6.45, 7) is 3.82. The average Bonchev–Trinajstić information content (AvgIpc) is 3.34. The molecular weight excluding hydrogens is 422 g/mol. The summed E-state index contributed by atoms with van der Waals surface area (Å²) in [6, 6.07) is 23.6. The van der Waals surface area contributed by atoms with Gasteiger partial charge in [-0.15, -0.1) is 0 Å². The molecule has 162 valence electrons. The summed E-state index contributed by atoms with van der Waals surface area (Å²) in [5.74, 6) is 1.89. The monoisotopic (exact) mass is 445 g/mol. The third-order valence-corrected chi connectivity index (χ3v) is 6.10. The van der Waals surface area contributed by atoms with Crippen molar-refractivity contribution in [2.75, 3.05) is 18.1 Å². The zero-order chi connectivity index (χ0) is 22.1. The summed E-state index contributed by atoms with van der Waals surface area (Å²) in [4.78, 5) is 19.6. The second-order valence-electron chi connectivity index (χ2n) is 8.16. The van der Waals surface area contributed by atoms with Gasteiger partial charge in [-0.05, 0) is 55.0 Å². The molecule has 1 amide bonds. The first kappa shape index (κ1) is 20.6. The van der Waals surface area contributed by atoms with E-state index in [0.29, 0.717) is 31.1 Å². The van der Waals surface area contributed by atoms with Gasteiger partial charge in [-0.3, -0.25) is 4.79 Å². The van der Waals surface area contributed by atoms with E-state index in [1.165, 1.54) is 5.56 Å². The largest absolute Gasteiger partial charge is 0.492 e. The Morgan fingerprint density at radius 1 is 1.06 bits per heavy atom. The molecule has 3 aromatic carbocycles. The molecule has 6 heteroatoms. The van der Waals surface area contributed by atoms with Crippen LogP contribution in [0.4, 0.5) is 5.69 Å².